The quantitative estimate of drug-likeness (QED) is 0.934. The van der Waals surface area contributed by atoms with E-state index < -0.39 is 0 Å². The molecule has 0 saturated carbocycles. The van der Waals surface area contributed by atoms with Crippen LogP contribution in [0, 0.1) is 0 Å². The zero-order valence-corrected chi connectivity index (χ0v) is 12.1. The van der Waals surface area contributed by atoms with E-state index in [2.05, 4.69) is 38.6 Å². The maximum absolute atomic E-state index is 4.66. The minimum atomic E-state index is 0.861. The SMILES string of the molecule is CCc1nc(NC)cc(N2CCc3sccc3C2)n1. The topological polar surface area (TPSA) is 41.1 Å². The van der Waals surface area contributed by atoms with E-state index in [0.29, 0.717) is 0 Å². The van der Waals surface area contributed by atoms with Crippen molar-refractivity contribution in [2.24, 2.45) is 0 Å². The lowest BCUT2D eigenvalue weighted by Gasteiger charge is -2.28. The van der Waals surface area contributed by atoms with Crippen LogP contribution in [-0.2, 0) is 19.4 Å². The van der Waals surface area contributed by atoms with Gasteiger partial charge in [-0.25, -0.2) is 9.97 Å². The lowest BCUT2D eigenvalue weighted by molar-refractivity contribution is 0.725. The van der Waals surface area contributed by atoms with Crippen LogP contribution in [-0.4, -0.2) is 23.6 Å². The third-order valence-electron chi connectivity index (χ3n) is 3.46. The molecule has 3 rings (SSSR count). The van der Waals surface area contributed by atoms with Gasteiger partial charge in [0.05, 0.1) is 0 Å². The summed E-state index contributed by atoms with van der Waals surface area (Å²) in [6, 6.07) is 4.27. The average Bonchev–Trinajstić information content (AvgIpc) is 2.94. The van der Waals surface area contributed by atoms with Gasteiger partial charge < -0.3 is 10.2 Å². The molecule has 0 bridgehead atoms. The Hall–Kier alpha value is -1.62. The van der Waals surface area contributed by atoms with Crippen LogP contribution in [0.1, 0.15) is 23.2 Å². The lowest BCUT2D eigenvalue weighted by atomic mass is 10.1. The maximum Gasteiger partial charge on any atom is 0.134 e. The Bertz CT molecular complexity index is 556. The van der Waals surface area contributed by atoms with Crippen LogP contribution in [0.5, 0.6) is 0 Å². The Balaban J connectivity index is 1.90. The van der Waals surface area contributed by atoms with Gasteiger partial charge in [-0.05, 0) is 23.4 Å². The number of hydrogen-bond donors (Lipinski definition) is 1. The number of nitrogens with one attached hydrogen (secondary N) is 1. The Morgan fingerprint density at radius 3 is 3.11 bits per heavy atom. The molecule has 2 aromatic rings. The summed E-state index contributed by atoms with van der Waals surface area (Å²) in [4.78, 5) is 13.0. The Kier molecular flexibility index (Phi) is 3.38. The van der Waals surface area contributed by atoms with Gasteiger partial charge in [0.15, 0.2) is 0 Å². The molecule has 0 aliphatic carbocycles. The number of fused-ring (bicyclic) bond motifs is 1. The van der Waals surface area contributed by atoms with Crippen LogP contribution < -0.4 is 10.2 Å². The van der Waals surface area contributed by atoms with E-state index in [1.165, 1.54) is 10.4 Å². The molecule has 1 N–H and O–H groups in total. The zero-order valence-electron chi connectivity index (χ0n) is 11.3. The molecule has 100 valence electrons. The fourth-order valence-electron chi connectivity index (χ4n) is 2.38. The predicted molar refractivity (Wildman–Crippen MR) is 80.0 cm³/mol. The van der Waals surface area contributed by atoms with Crippen molar-refractivity contribution in [1.29, 1.82) is 0 Å². The lowest BCUT2D eigenvalue weighted by Crippen LogP contribution is -2.30. The molecule has 19 heavy (non-hydrogen) atoms. The van der Waals surface area contributed by atoms with E-state index >= 15 is 0 Å². The molecular weight excluding hydrogens is 256 g/mol. The highest BCUT2D eigenvalue weighted by atomic mass is 32.1. The molecule has 0 fully saturated rings. The van der Waals surface area contributed by atoms with E-state index in [0.717, 1.165) is 43.4 Å². The summed E-state index contributed by atoms with van der Waals surface area (Å²) in [5.41, 5.74) is 1.44. The summed E-state index contributed by atoms with van der Waals surface area (Å²) < 4.78 is 0. The van der Waals surface area contributed by atoms with Crippen LogP contribution in [0.15, 0.2) is 17.5 Å². The first kappa shape index (κ1) is 12.4. The predicted octanol–water partition coefficient (Wildman–Crippen LogP) is 2.70. The fraction of sp³-hybridized carbons (Fsp3) is 0.429. The molecule has 1 aliphatic rings. The number of rotatable bonds is 3. The van der Waals surface area contributed by atoms with Crippen molar-refractivity contribution in [3.05, 3.63) is 33.8 Å². The maximum atomic E-state index is 4.66. The first-order chi connectivity index (χ1) is 9.30. The highest BCUT2D eigenvalue weighted by Crippen LogP contribution is 2.27. The molecule has 1 aliphatic heterocycles. The van der Waals surface area contributed by atoms with Gasteiger partial charge in [0, 0.05) is 37.5 Å². The third kappa shape index (κ3) is 2.42. The minimum Gasteiger partial charge on any atom is -0.373 e. The normalized spacial score (nSPS) is 14.3. The molecule has 0 atom stereocenters. The number of aromatic nitrogens is 2. The van der Waals surface area contributed by atoms with Crippen LogP contribution in [0.4, 0.5) is 11.6 Å². The molecule has 0 saturated heterocycles. The van der Waals surface area contributed by atoms with Gasteiger partial charge in [-0.2, -0.15) is 0 Å². The summed E-state index contributed by atoms with van der Waals surface area (Å²) in [5, 5.41) is 5.30. The van der Waals surface area contributed by atoms with Crippen molar-refractivity contribution in [1.82, 2.24) is 9.97 Å². The second-order valence-electron chi connectivity index (χ2n) is 4.67. The summed E-state index contributed by atoms with van der Waals surface area (Å²) in [6.07, 6.45) is 1.98. The van der Waals surface area contributed by atoms with Gasteiger partial charge in [0.1, 0.15) is 17.5 Å². The molecule has 2 aromatic heterocycles. The Morgan fingerprint density at radius 2 is 2.32 bits per heavy atom. The number of aryl methyl sites for hydroxylation is 1. The molecule has 0 unspecified atom stereocenters. The molecule has 4 nitrogen and oxygen atoms in total. The highest BCUT2D eigenvalue weighted by Gasteiger charge is 2.19. The van der Waals surface area contributed by atoms with Gasteiger partial charge in [-0.15, -0.1) is 11.3 Å². The fourth-order valence-corrected chi connectivity index (χ4v) is 3.26. The minimum absolute atomic E-state index is 0.861. The smallest absolute Gasteiger partial charge is 0.134 e. The molecule has 0 radical (unpaired) electrons. The highest BCUT2D eigenvalue weighted by molar-refractivity contribution is 7.10. The summed E-state index contributed by atoms with van der Waals surface area (Å²) >= 11 is 1.87. The molecular formula is C14H18N4S. The van der Waals surface area contributed by atoms with Crippen LogP contribution in [0.2, 0.25) is 0 Å². The average molecular weight is 274 g/mol. The van der Waals surface area contributed by atoms with Gasteiger partial charge >= 0.3 is 0 Å². The number of hydrogen-bond acceptors (Lipinski definition) is 5. The largest absolute Gasteiger partial charge is 0.373 e. The number of nitrogens with zero attached hydrogens (tertiary/aromatic N) is 3. The van der Waals surface area contributed by atoms with Gasteiger partial charge in [-0.1, -0.05) is 6.92 Å². The zero-order chi connectivity index (χ0) is 13.2. The van der Waals surface area contributed by atoms with Crippen LogP contribution >= 0.6 is 11.3 Å². The van der Waals surface area contributed by atoms with Crippen molar-refractivity contribution in [3.8, 4) is 0 Å². The van der Waals surface area contributed by atoms with Crippen molar-refractivity contribution in [3.63, 3.8) is 0 Å². The van der Waals surface area contributed by atoms with Crippen molar-refractivity contribution in [2.45, 2.75) is 26.3 Å². The molecule has 5 heteroatoms. The Labute approximate surface area is 117 Å². The summed E-state index contributed by atoms with van der Waals surface area (Å²) in [6.45, 7) is 4.09. The molecule has 3 heterocycles. The molecule has 0 aromatic carbocycles. The van der Waals surface area contributed by atoms with E-state index in [-0.39, 0.29) is 0 Å². The second-order valence-corrected chi connectivity index (χ2v) is 5.67. The van der Waals surface area contributed by atoms with Crippen molar-refractivity contribution >= 4 is 23.0 Å². The van der Waals surface area contributed by atoms with E-state index in [1.807, 2.05) is 24.5 Å². The Morgan fingerprint density at radius 1 is 1.42 bits per heavy atom. The van der Waals surface area contributed by atoms with E-state index in [9.17, 15) is 0 Å². The van der Waals surface area contributed by atoms with Crippen LogP contribution in [0.25, 0.3) is 0 Å². The first-order valence-corrected chi connectivity index (χ1v) is 7.54. The third-order valence-corrected chi connectivity index (χ3v) is 4.49. The monoisotopic (exact) mass is 274 g/mol. The first-order valence-electron chi connectivity index (χ1n) is 6.66. The standard InChI is InChI=1S/C14H18N4S/c1-3-12-16-13(15-2)8-14(17-12)18-6-4-11-10(9-18)5-7-19-11/h5,7-8H,3-4,6,9H2,1-2H3,(H,15,16,17). The van der Waals surface area contributed by atoms with Gasteiger partial charge in [0.2, 0.25) is 0 Å². The van der Waals surface area contributed by atoms with Crippen molar-refractivity contribution in [2.75, 3.05) is 23.8 Å². The van der Waals surface area contributed by atoms with Gasteiger partial charge in [-0.3, -0.25) is 0 Å². The molecule has 0 spiro atoms. The van der Waals surface area contributed by atoms with Gasteiger partial charge in [0.25, 0.3) is 0 Å². The number of thiophene rings is 1. The summed E-state index contributed by atoms with van der Waals surface area (Å²) in [5.74, 6) is 2.84. The summed E-state index contributed by atoms with van der Waals surface area (Å²) in [7, 11) is 1.90. The van der Waals surface area contributed by atoms with E-state index in [1.54, 1.807) is 0 Å². The number of anilines is 2. The van der Waals surface area contributed by atoms with Crippen LogP contribution in [0.3, 0.4) is 0 Å². The molecule has 0 amide bonds. The van der Waals surface area contributed by atoms with E-state index in [4.69, 9.17) is 0 Å². The van der Waals surface area contributed by atoms with Crippen molar-refractivity contribution < 1.29 is 0 Å². The second kappa shape index (κ2) is 5.17.